The molecule has 0 spiro atoms. The summed E-state index contributed by atoms with van der Waals surface area (Å²) in [7, 11) is 0. The van der Waals surface area contributed by atoms with Gasteiger partial charge in [0.25, 0.3) is 0 Å². The van der Waals surface area contributed by atoms with Gasteiger partial charge in [0.15, 0.2) is 0 Å². The predicted molar refractivity (Wildman–Crippen MR) is 43.5 cm³/mol. The first kappa shape index (κ1) is 7.76. The van der Waals surface area contributed by atoms with Crippen molar-refractivity contribution in [3.05, 3.63) is 11.6 Å². The third kappa shape index (κ3) is 1.58. The van der Waals surface area contributed by atoms with E-state index in [1.165, 1.54) is 5.57 Å². The monoisotopic (exact) mass is 140 g/mol. The van der Waals surface area contributed by atoms with Gasteiger partial charge in [-0.25, -0.2) is 0 Å². The lowest BCUT2D eigenvalue weighted by Crippen LogP contribution is -2.36. The quantitative estimate of drug-likeness (QED) is 0.525. The van der Waals surface area contributed by atoms with Crippen LogP contribution in [0.5, 0.6) is 0 Å². The van der Waals surface area contributed by atoms with Crippen LogP contribution in [-0.4, -0.2) is 12.6 Å². The first-order valence-electron chi connectivity index (χ1n) is 3.85. The minimum Gasteiger partial charge on any atom is -0.330 e. The summed E-state index contributed by atoms with van der Waals surface area (Å²) in [6, 6.07) is 0.300. The zero-order valence-corrected chi connectivity index (χ0v) is 6.51. The highest BCUT2D eigenvalue weighted by Gasteiger charge is 2.19. The molecule has 2 unspecified atom stereocenters. The van der Waals surface area contributed by atoms with Crippen LogP contribution >= 0.6 is 0 Å². The van der Waals surface area contributed by atoms with E-state index in [-0.39, 0.29) is 0 Å². The fraction of sp³-hybridized carbons (Fsp3) is 0.750. The Bertz CT molecular complexity index is 140. The summed E-state index contributed by atoms with van der Waals surface area (Å²) in [4.78, 5) is 0. The molecule has 0 aromatic carbocycles. The molecule has 4 N–H and O–H groups in total. The lowest BCUT2D eigenvalue weighted by Gasteiger charge is -2.25. The Morgan fingerprint density at radius 3 is 2.90 bits per heavy atom. The Morgan fingerprint density at radius 1 is 1.70 bits per heavy atom. The van der Waals surface area contributed by atoms with Gasteiger partial charge >= 0.3 is 0 Å². The van der Waals surface area contributed by atoms with E-state index in [1.807, 2.05) is 0 Å². The number of nitrogens with two attached hydrogens (primary N) is 2. The molecule has 58 valence electrons. The molecule has 0 aromatic heterocycles. The molecule has 10 heavy (non-hydrogen) atoms. The maximum Gasteiger partial charge on any atom is 0.0117 e. The van der Waals surface area contributed by atoms with Crippen molar-refractivity contribution in [2.75, 3.05) is 6.54 Å². The van der Waals surface area contributed by atoms with Gasteiger partial charge in [0.2, 0.25) is 0 Å². The second-order valence-electron chi connectivity index (χ2n) is 3.15. The highest BCUT2D eigenvalue weighted by atomic mass is 14.7. The van der Waals surface area contributed by atoms with E-state index in [4.69, 9.17) is 11.5 Å². The van der Waals surface area contributed by atoms with Crippen LogP contribution in [-0.2, 0) is 0 Å². The van der Waals surface area contributed by atoms with Crippen molar-refractivity contribution in [2.24, 2.45) is 17.4 Å². The van der Waals surface area contributed by atoms with Crippen molar-refractivity contribution >= 4 is 0 Å². The van der Waals surface area contributed by atoms with E-state index < -0.39 is 0 Å². The number of hydrogen-bond donors (Lipinski definition) is 2. The van der Waals surface area contributed by atoms with Crippen LogP contribution in [0.1, 0.15) is 19.8 Å². The number of allylic oxidation sites excluding steroid dienone is 1. The molecule has 1 aliphatic carbocycles. The molecular weight excluding hydrogens is 124 g/mol. The Kier molecular flexibility index (Phi) is 2.46. The van der Waals surface area contributed by atoms with Crippen LogP contribution in [0.25, 0.3) is 0 Å². The van der Waals surface area contributed by atoms with Crippen molar-refractivity contribution in [1.29, 1.82) is 0 Å². The average Bonchev–Trinajstić information content (AvgIpc) is 1.94. The standard InChI is InChI=1S/C8H16N2/c1-6-2-3-8(10)7(4-6)5-9/h2,7-8H,3-5,9-10H2,1H3. The molecule has 2 heteroatoms. The van der Waals surface area contributed by atoms with Gasteiger partial charge in [-0.1, -0.05) is 11.6 Å². The minimum atomic E-state index is 0.300. The Hall–Kier alpha value is -0.340. The molecule has 2 atom stereocenters. The summed E-state index contributed by atoms with van der Waals surface area (Å²) in [6.45, 7) is 2.88. The minimum absolute atomic E-state index is 0.300. The fourth-order valence-electron chi connectivity index (χ4n) is 1.44. The first-order valence-corrected chi connectivity index (χ1v) is 3.85. The average molecular weight is 140 g/mol. The molecule has 0 saturated carbocycles. The van der Waals surface area contributed by atoms with Gasteiger partial charge < -0.3 is 11.5 Å². The molecule has 0 radical (unpaired) electrons. The van der Waals surface area contributed by atoms with E-state index in [0.29, 0.717) is 12.0 Å². The lowest BCUT2D eigenvalue weighted by atomic mass is 9.86. The summed E-state index contributed by atoms with van der Waals surface area (Å²) in [5, 5.41) is 0. The molecule has 0 amide bonds. The molecular formula is C8H16N2. The van der Waals surface area contributed by atoms with Crippen LogP contribution in [0.15, 0.2) is 11.6 Å². The number of hydrogen-bond acceptors (Lipinski definition) is 2. The third-order valence-corrected chi connectivity index (χ3v) is 2.23. The van der Waals surface area contributed by atoms with Crippen molar-refractivity contribution in [3.8, 4) is 0 Å². The van der Waals surface area contributed by atoms with Crippen molar-refractivity contribution < 1.29 is 0 Å². The normalized spacial score (nSPS) is 33.7. The van der Waals surface area contributed by atoms with Crippen LogP contribution in [0.2, 0.25) is 0 Å². The molecule has 0 fully saturated rings. The lowest BCUT2D eigenvalue weighted by molar-refractivity contribution is 0.409. The van der Waals surface area contributed by atoms with Crippen molar-refractivity contribution in [2.45, 2.75) is 25.8 Å². The zero-order valence-electron chi connectivity index (χ0n) is 6.51. The van der Waals surface area contributed by atoms with Gasteiger partial charge in [0.05, 0.1) is 0 Å². The summed E-state index contributed by atoms with van der Waals surface area (Å²) >= 11 is 0. The highest BCUT2D eigenvalue weighted by Crippen LogP contribution is 2.21. The molecule has 0 aromatic rings. The SMILES string of the molecule is CC1=CCC(N)C(CN)C1. The van der Waals surface area contributed by atoms with Crippen molar-refractivity contribution in [3.63, 3.8) is 0 Å². The third-order valence-electron chi connectivity index (χ3n) is 2.23. The summed E-state index contributed by atoms with van der Waals surface area (Å²) in [6.07, 6.45) is 4.32. The summed E-state index contributed by atoms with van der Waals surface area (Å²) in [5.74, 6) is 0.519. The molecule has 0 bridgehead atoms. The predicted octanol–water partition coefficient (Wildman–Crippen LogP) is 0.629. The van der Waals surface area contributed by atoms with E-state index in [9.17, 15) is 0 Å². The molecule has 0 saturated heterocycles. The topological polar surface area (TPSA) is 52.0 Å². The Morgan fingerprint density at radius 2 is 2.40 bits per heavy atom. The molecule has 1 rings (SSSR count). The summed E-state index contributed by atoms with van der Waals surface area (Å²) in [5.41, 5.74) is 12.8. The zero-order chi connectivity index (χ0) is 7.56. The van der Waals surface area contributed by atoms with Gasteiger partial charge in [-0.05, 0) is 32.2 Å². The molecule has 2 nitrogen and oxygen atoms in total. The van der Waals surface area contributed by atoms with Crippen LogP contribution in [0.4, 0.5) is 0 Å². The number of rotatable bonds is 1. The maximum absolute atomic E-state index is 5.83. The van der Waals surface area contributed by atoms with Gasteiger partial charge in [0, 0.05) is 6.04 Å². The molecule has 0 aliphatic heterocycles. The van der Waals surface area contributed by atoms with E-state index in [1.54, 1.807) is 0 Å². The maximum atomic E-state index is 5.83. The molecule has 0 heterocycles. The van der Waals surface area contributed by atoms with Gasteiger partial charge in [-0.15, -0.1) is 0 Å². The highest BCUT2D eigenvalue weighted by molar-refractivity contribution is 5.07. The largest absolute Gasteiger partial charge is 0.330 e. The van der Waals surface area contributed by atoms with Gasteiger partial charge in [0.1, 0.15) is 0 Å². The van der Waals surface area contributed by atoms with Gasteiger partial charge in [-0.2, -0.15) is 0 Å². The Balaban J connectivity index is 2.53. The smallest absolute Gasteiger partial charge is 0.0117 e. The molecule has 1 aliphatic rings. The summed E-state index contributed by atoms with van der Waals surface area (Å²) < 4.78 is 0. The Labute approximate surface area is 62.3 Å². The van der Waals surface area contributed by atoms with E-state index >= 15 is 0 Å². The van der Waals surface area contributed by atoms with E-state index in [2.05, 4.69) is 13.0 Å². The van der Waals surface area contributed by atoms with Crippen LogP contribution in [0, 0.1) is 5.92 Å². The van der Waals surface area contributed by atoms with E-state index in [0.717, 1.165) is 19.4 Å². The second-order valence-corrected chi connectivity index (χ2v) is 3.15. The van der Waals surface area contributed by atoms with Crippen molar-refractivity contribution in [1.82, 2.24) is 0 Å². The fourth-order valence-corrected chi connectivity index (χ4v) is 1.44. The first-order chi connectivity index (χ1) is 4.74. The van der Waals surface area contributed by atoms with Crippen LogP contribution < -0.4 is 11.5 Å². The van der Waals surface area contributed by atoms with Crippen LogP contribution in [0.3, 0.4) is 0 Å². The van der Waals surface area contributed by atoms with Gasteiger partial charge in [-0.3, -0.25) is 0 Å². The second kappa shape index (κ2) is 3.17.